The lowest BCUT2D eigenvalue weighted by Gasteiger charge is -2.11. The first kappa shape index (κ1) is 16.3. The molecule has 1 heterocycles. The van der Waals surface area contributed by atoms with E-state index in [1.165, 1.54) is 6.92 Å². The number of rotatable bonds is 2. The van der Waals surface area contributed by atoms with Gasteiger partial charge in [0.25, 0.3) is 0 Å². The molecule has 0 aliphatic heterocycles. The molecule has 0 radical (unpaired) electrons. The zero-order chi connectivity index (χ0) is 16.6. The van der Waals surface area contributed by atoms with Gasteiger partial charge < -0.3 is 15.6 Å². The number of aromatic nitrogens is 1. The normalized spacial score (nSPS) is 10.6. The highest BCUT2D eigenvalue weighted by molar-refractivity contribution is 6.34. The van der Waals surface area contributed by atoms with E-state index in [2.05, 4.69) is 9.72 Å². The third-order valence-corrected chi connectivity index (χ3v) is 3.57. The average Bonchev–Trinajstić information content (AvgIpc) is 2.41. The molecule has 1 aromatic heterocycles. The van der Waals surface area contributed by atoms with Gasteiger partial charge in [0.05, 0.1) is 16.9 Å². The number of hydrogen-bond acceptors (Lipinski definition) is 4. The number of carboxylic acid groups (broad SMARTS) is 1. The fourth-order valence-electron chi connectivity index (χ4n) is 1.73. The zero-order valence-electron chi connectivity index (χ0n) is 11.0. The SMILES string of the molecule is Cc1c(Cl)cc(F)c(-c2cc(N)c(Cl)c(OC(=O)O)n2)c1F. The number of hydrogen-bond donors (Lipinski definition) is 2. The summed E-state index contributed by atoms with van der Waals surface area (Å²) < 4.78 is 32.6. The van der Waals surface area contributed by atoms with E-state index in [-0.39, 0.29) is 27.0 Å². The Morgan fingerprint density at radius 1 is 1.36 bits per heavy atom. The van der Waals surface area contributed by atoms with Crippen molar-refractivity contribution in [3.05, 3.63) is 39.4 Å². The van der Waals surface area contributed by atoms with Gasteiger partial charge in [-0.05, 0) is 19.1 Å². The molecule has 0 aliphatic carbocycles. The molecule has 0 unspecified atom stereocenters. The smallest absolute Gasteiger partial charge is 0.449 e. The molecule has 0 aliphatic rings. The first-order chi connectivity index (χ1) is 10.2. The summed E-state index contributed by atoms with van der Waals surface area (Å²) in [6, 6.07) is 2.02. The van der Waals surface area contributed by atoms with Gasteiger partial charge in [-0.1, -0.05) is 23.2 Å². The molecule has 0 fully saturated rings. The third kappa shape index (κ3) is 2.90. The maximum Gasteiger partial charge on any atom is 0.512 e. The van der Waals surface area contributed by atoms with Gasteiger partial charge in [0, 0.05) is 10.6 Å². The number of carbonyl (C=O) groups is 1. The maximum absolute atomic E-state index is 14.2. The molecule has 5 nitrogen and oxygen atoms in total. The van der Waals surface area contributed by atoms with Crippen molar-refractivity contribution in [2.75, 3.05) is 5.73 Å². The Labute approximate surface area is 133 Å². The summed E-state index contributed by atoms with van der Waals surface area (Å²) in [6.45, 7) is 1.36. The highest BCUT2D eigenvalue weighted by Crippen LogP contribution is 2.36. The Balaban J connectivity index is 2.71. The van der Waals surface area contributed by atoms with Crippen LogP contribution in [0.4, 0.5) is 19.3 Å². The first-order valence-corrected chi connectivity index (χ1v) is 6.49. The first-order valence-electron chi connectivity index (χ1n) is 5.73. The predicted molar refractivity (Wildman–Crippen MR) is 77.4 cm³/mol. The summed E-state index contributed by atoms with van der Waals surface area (Å²) >= 11 is 11.4. The summed E-state index contributed by atoms with van der Waals surface area (Å²) in [6.07, 6.45) is -1.70. The predicted octanol–water partition coefficient (Wildman–Crippen LogP) is 4.28. The second-order valence-electron chi connectivity index (χ2n) is 4.24. The van der Waals surface area contributed by atoms with Crippen molar-refractivity contribution >= 4 is 35.0 Å². The molecule has 0 bridgehead atoms. The van der Waals surface area contributed by atoms with Crippen LogP contribution < -0.4 is 10.5 Å². The lowest BCUT2D eigenvalue weighted by atomic mass is 10.1. The molecule has 0 saturated carbocycles. The Morgan fingerprint density at radius 3 is 2.59 bits per heavy atom. The van der Waals surface area contributed by atoms with Gasteiger partial charge in [-0.25, -0.2) is 18.6 Å². The largest absolute Gasteiger partial charge is 0.512 e. The molecule has 0 spiro atoms. The van der Waals surface area contributed by atoms with Crippen LogP contribution in [0.25, 0.3) is 11.3 Å². The second-order valence-corrected chi connectivity index (χ2v) is 5.02. The van der Waals surface area contributed by atoms with Crippen LogP contribution in [0.5, 0.6) is 5.88 Å². The van der Waals surface area contributed by atoms with Gasteiger partial charge >= 0.3 is 6.16 Å². The number of pyridine rings is 1. The number of nitrogen functional groups attached to an aromatic ring is 1. The molecule has 2 rings (SSSR count). The fraction of sp³-hybridized carbons (Fsp3) is 0.0769. The number of halogens is 4. The van der Waals surface area contributed by atoms with Crippen LogP contribution in [0.15, 0.2) is 12.1 Å². The van der Waals surface area contributed by atoms with E-state index in [1.54, 1.807) is 0 Å². The Kier molecular flexibility index (Phi) is 4.39. The number of benzene rings is 1. The summed E-state index contributed by atoms with van der Waals surface area (Å²) in [4.78, 5) is 14.3. The van der Waals surface area contributed by atoms with Crippen LogP contribution in [-0.4, -0.2) is 16.2 Å². The average molecular weight is 349 g/mol. The van der Waals surface area contributed by atoms with Crippen molar-refractivity contribution in [2.45, 2.75) is 6.92 Å². The molecule has 0 atom stereocenters. The number of ether oxygens (including phenoxy) is 1. The van der Waals surface area contributed by atoms with Crippen LogP contribution >= 0.6 is 23.2 Å². The van der Waals surface area contributed by atoms with E-state index in [0.717, 1.165) is 12.1 Å². The molecule has 116 valence electrons. The van der Waals surface area contributed by atoms with Crippen LogP contribution in [0.3, 0.4) is 0 Å². The quantitative estimate of drug-likeness (QED) is 0.791. The van der Waals surface area contributed by atoms with Crippen LogP contribution in [0, 0.1) is 18.6 Å². The lowest BCUT2D eigenvalue weighted by Crippen LogP contribution is -2.07. The highest BCUT2D eigenvalue weighted by Gasteiger charge is 2.21. The van der Waals surface area contributed by atoms with Gasteiger partial charge in [0.15, 0.2) is 0 Å². The lowest BCUT2D eigenvalue weighted by molar-refractivity contribution is 0.142. The number of anilines is 1. The zero-order valence-corrected chi connectivity index (χ0v) is 12.5. The highest BCUT2D eigenvalue weighted by atomic mass is 35.5. The van der Waals surface area contributed by atoms with Crippen molar-refractivity contribution < 1.29 is 23.4 Å². The minimum absolute atomic E-state index is 0.00842. The Hall–Kier alpha value is -2.12. The van der Waals surface area contributed by atoms with E-state index >= 15 is 0 Å². The third-order valence-electron chi connectivity index (χ3n) is 2.79. The summed E-state index contributed by atoms with van der Waals surface area (Å²) in [7, 11) is 0. The molecular formula is C13H8Cl2F2N2O3. The molecule has 1 aromatic carbocycles. The molecule has 3 N–H and O–H groups in total. The van der Waals surface area contributed by atoms with E-state index in [0.29, 0.717) is 0 Å². The van der Waals surface area contributed by atoms with Crippen molar-refractivity contribution in [2.24, 2.45) is 0 Å². The van der Waals surface area contributed by atoms with Crippen LogP contribution in [0.2, 0.25) is 10.0 Å². The molecule has 9 heteroatoms. The van der Waals surface area contributed by atoms with Crippen molar-refractivity contribution in [1.29, 1.82) is 0 Å². The van der Waals surface area contributed by atoms with Crippen LogP contribution in [0.1, 0.15) is 5.56 Å². The van der Waals surface area contributed by atoms with E-state index in [1.807, 2.05) is 0 Å². The van der Waals surface area contributed by atoms with Gasteiger partial charge in [0.1, 0.15) is 16.7 Å². The number of nitrogens with two attached hydrogens (primary N) is 1. The molecular weight excluding hydrogens is 341 g/mol. The van der Waals surface area contributed by atoms with Crippen molar-refractivity contribution in [3.63, 3.8) is 0 Å². The molecule has 2 aromatic rings. The van der Waals surface area contributed by atoms with Crippen LogP contribution in [-0.2, 0) is 0 Å². The summed E-state index contributed by atoms with van der Waals surface area (Å²) in [5, 5.41) is 8.23. The minimum Gasteiger partial charge on any atom is -0.449 e. The summed E-state index contributed by atoms with van der Waals surface area (Å²) in [5.41, 5.74) is 4.67. The number of nitrogens with zero attached hydrogens (tertiary/aromatic N) is 1. The summed E-state index contributed by atoms with van der Waals surface area (Å²) in [5.74, 6) is -2.50. The molecule has 0 saturated heterocycles. The van der Waals surface area contributed by atoms with Crippen molar-refractivity contribution in [3.8, 4) is 17.1 Å². The minimum atomic E-state index is -1.70. The standard InChI is InChI=1S/C13H8Cl2F2N2O3/c1-4-5(14)2-6(16)9(11(4)17)8-3-7(18)10(15)12(19-8)22-13(20)21/h2-3H,1H3,(H2,18,19)(H,20,21). The van der Waals surface area contributed by atoms with Crippen molar-refractivity contribution in [1.82, 2.24) is 4.98 Å². The maximum atomic E-state index is 14.2. The topological polar surface area (TPSA) is 85.4 Å². The Bertz CT molecular complexity index is 785. The van der Waals surface area contributed by atoms with Gasteiger partial charge in [-0.3, -0.25) is 0 Å². The fourth-order valence-corrected chi connectivity index (χ4v) is 2.04. The van der Waals surface area contributed by atoms with Gasteiger partial charge in [0.2, 0.25) is 5.88 Å². The van der Waals surface area contributed by atoms with E-state index in [4.69, 9.17) is 34.0 Å². The van der Waals surface area contributed by atoms with E-state index < -0.39 is 29.2 Å². The van der Waals surface area contributed by atoms with Gasteiger partial charge in [-0.2, -0.15) is 0 Å². The molecule has 22 heavy (non-hydrogen) atoms. The second kappa shape index (κ2) is 5.94. The Morgan fingerprint density at radius 2 is 2.00 bits per heavy atom. The molecule has 0 amide bonds. The van der Waals surface area contributed by atoms with Gasteiger partial charge in [-0.15, -0.1) is 0 Å². The monoisotopic (exact) mass is 348 g/mol. The van der Waals surface area contributed by atoms with E-state index in [9.17, 15) is 13.6 Å².